The molecule has 166 valence electrons. The largest absolute Gasteiger partial charge is 0.338 e. The molecule has 0 saturated carbocycles. The number of carbonyl (C=O) groups is 2. The van der Waals surface area contributed by atoms with Crippen molar-refractivity contribution >= 4 is 33.4 Å². The van der Waals surface area contributed by atoms with Crippen LogP contribution in [-0.4, -0.2) is 32.9 Å². The molecule has 1 N–H and O–H groups in total. The van der Waals surface area contributed by atoms with Crippen LogP contribution >= 0.6 is 11.3 Å². The average molecular weight is 459 g/mol. The number of aryl methyl sites for hydroxylation is 1. The zero-order valence-electron chi connectivity index (χ0n) is 18.1. The number of fused-ring (bicyclic) bond motifs is 1. The Bertz CT molecular complexity index is 1420. The summed E-state index contributed by atoms with van der Waals surface area (Å²) in [6.07, 6.45) is 2.79. The number of hydrogen-bond donors (Lipinski definition) is 1. The van der Waals surface area contributed by atoms with E-state index in [9.17, 15) is 14.4 Å². The highest BCUT2D eigenvalue weighted by molar-refractivity contribution is 7.19. The molecular formula is C25H22N4O3S. The third kappa shape index (κ3) is 4.05. The minimum Gasteiger partial charge on any atom is -0.338 e. The predicted molar refractivity (Wildman–Crippen MR) is 129 cm³/mol. The highest BCUT2D eigenvalue weighted by Gasteiger charge is 2.21. The average Bonchev–Trinajstić information content (AvgIpc) is 3.38. The molecular weight excluding hydrogens is 436 g/mol. The minimum atomic E-state index is -0.416. The maximum Gasteiger partial charge on any atom is 0.281 e. The van der Waals surface area contributed by atoms with Gasteiger partial charge in [0.15, 0.2) is 0 Å². The number of amides is 2. The van der Waals surface area contributed by atoms with Gasteiger partial charge in [0.2, 0.25) is 5.91 Å². The quantitative estimate of drug-likeness (QED) is 0.491. The van der Waals surface area contributed by atoms with Crippen molar-refractivity contribution in [2.75, 3.05) is 12.0 Å². The fourth-order valence-corrected chi connectivity index (χ4v) is 5.21. The molecule has 1 fully saturated rings. The Balaban J connectivity index is 1.44. The van der Waals surface area contributed by atoms with Crippen molar-refractivity contribution in [3.05, 3.63) is 87.3 Å². The molecule has 33 heavy (non-hydrogen) atoms. The van der Waals surface area contributed by atoms with Crippen LogP contribution in [0.25, 0.3) is 21.3 Å². The second-order valence-electron chi connectivity index (χ2n) is 8.06. The number of aromatic nitrogens is 2. The van der Waals surface area contributed by atoms with Crippen molar-refractivity contribution in [3.8, 4) is 11.1 Å². The normalized spacial score (nSPS) is 13.6. The smallest absolute Gasteiger partial charge is 0.281 e. The summed E-state index contributed by atoms with van der Waals surface area (Å²) in [4.78, 5) is 46.0. The summed E-state index contributed by atoms with van der Waals surface area (Å²) in [5.41, 5.74) is 5.41. The van der Waals surface area contributed by atoms with E-state index >= 15 is 0 Å². The molecule has 0 atom stereocenters. The number of likely N-dealkylation sites (tertiary alicyclic amines) is 1. The molecule has 0 unspecified atom stereocenters. The Kier molecular flexibility index (Phi) is 5.51. The summed E-state index contributed by atoms with van der Waals surface area (Å²) in [5.74, 6) is -0.280. The number of nitrogens with zero attached hydrogens (tertiary/aromatic N) is 3. The first-order valence-electron chi connectivity index (χ1n) is 10.8. The van der Waals surface area contributed by atoms with E-state index in [0.29, 0.717) is 28.7 Å². The minimum absolute atomic E-state index is 0.135. The van der Waals surface area contributed by atoms with Gasteiger partial charge in [0.25, 0.3) is 11.5 Å². The number of rotatable bonds is 5. The van der Waals surface area contributed by atoms with Gasteiger partial charge in [-0.2, -0.15) is 0 Å². The molecule has 7 nitrogen and oxygen atoms in total. The molecule has 2 aromatic carbocycles. The molecule has 8 heteroatoms. The van der Waals surface area contributed by atoms with Gasteiger partial charge in [0.1, 0.15) is 11.2 Å². The van der Waals surface area contributed by atoms with Crippen molar-refractivity contribution < 1.29 is 9.59 Å². The molecule has 0 radical (unpaired) electrons. The van der Waals surface area contributed by atoms with Gasteiger partial charge in [-0.1, -0.05) is 42.5 Å². The van der Waals surface area contributed by atoms with Crippen LogP contribution in [0.15, 0.2) is 65.7 Å². The van der Waals surface area contributed by atoms with Crippen LogP contribution in [0.5, 0.6) is 0 Å². The molecule has 0 spiro atoms. The standard InChI is InChI=1S/C25H22N4O3S/c1-16-21(18-8-3-2-4-9-18)22-24(33-16)26-15-29(25(22)32)27-23(31)19-10-5-7-17(13-19)14-28-12-6-11-20(28)30/h2-5,7-10,13,15H,6,11-12,14H2,1H3,(H,27,31). The topological polar surface area (TPSA) is 84.3 Å². The van der Waals surface area contributed by atoms with Crippen molar-refractivity contribution in [3.63, 3.8) is 0 Å². The molecule has 1 saturated heterocycles. The number of carbonyl (C=O) groups excluding carboxylic acids is 2. The third-order valence-corrected chi connectivity index (χ3v) is 6.82. The number of thiophene rings is 1. The van der Waals surface area contributed by atoms with Crippen LogP contribution in [0.4, 0.5) is 0 Å². The zero-order chi connectivity index (χ0) is 22.9. The van der Waals surface area contributed by atoms with Crippen molar-refractivity contribution in [1.82, 2.24) is 14.6 Å². The summed E-state index contributed by atoms with van der Waals surface area (Å²) in [5, 5.41) is 0.493. The Morgan fingerprint density at radius 3 is 2.70 bits per heavy atom. The summed E-state index contributed by atoms with van der Waals surface area (Å²) in [6.45, 7) is 3.18. The van der Waals surface area contributed by atoms with E-state index in [4.69, 9.17) is 0 Å². The second-order valence-corrected chi connectivity index (χ2v) is 9.26. The lowest BCUT2D eigenvalue weighted by Crippen LogP contribution is -2.33. The van der Waals surface area contributed by atoms with Crippen LogP contribution in [0, 0.1) is 6.92 Å². The highest BCUT2D eigenvalue weighted by atomic mass is 32.1. The van der Waals surface area contributed by atoms with Crippen molar-refractivity contribution in [1.29, 1.82) is 0 Å². The van der Waals surface area contributed by atoms with Gasteiger partial charge in [-0.25, -0.2) is 9.66 Å². The molecule has 3 heterocycles. The zero-order valence-corrected chi connectivity index (χ0v) is 18.9. The Hall–Kier alpha value is -3.78. The summed E-state index contributed by atoms with van der Waals surface area (Å²) >= 11 is 1.46. The number of hydrogen-bond acceptors (Lipinski definition) is 5. The van der Waals surface area contributed by atoms with Crippen LogP contribution in [0.3, 0.4) is 0 Å². The molecule has 2 amide bonds. The summed E-state index contributed by atoms with van der Waals surface area (Å²) < 4.78 is 1.14. The van der Waals surface area contributed by atoms with Gasteiger partial charge in [0.05, 0.1) is 5.39 Å². The van der Waals surface area contributed by atoms with Crippen LogP contribution in [0.2, 0.25) is 0 Å². The van der Waals surface area contributed by atoms with Crippen LogP contribution < -0.4 is 11.0 Å². The van der Waals surface area contributed by atoms with Crippen molar-refractivity contribution in [2.45, 2.75) is 26.3 Å². The fourth-order valence-electron chi connectivity index (χ4n) is 4.21. The maximum atomic E-state index is 13.3. The Morgan fingerprint density at radius 2 is 1.94 bits per heavy atom. The molecule has 1 aliphatic rings. The number of benzene rings is 2. The van der Waals surface area contributed by atoms with Crippen molar-refractivity contribution in [2.24, 2.45) is 0 Å². The SMILES string of the molecule is Cc1sc2ncn(NC(=O)c3cccc(CN4CCCC4=O)c3)c(=O)c2c1-c1ccccc1. The summed E-state index contributed by atoms with van der Waals surface area (Å²) in [7, 11) is 0. The second kappa shape index (κ2) is 8.63. The van der Waals surface area contributed by atoms with E-state index in [2.05, 4.69) is 10.4 Å². The first-order chi connectivity index (χ1) is 16.0. The molecule has 0 aliphatic carbocycles. The van der Waals surface area contributed by atoms with Crippen LogP contribution in [-0.2, 0) is 11.3 Å². The van der Waals surface area contributed by atoms with E-state index in [0.717, 1.165) is 39.2 Å². The Morgan fingerprint density at radius 1 is 1.12 bits per heavy atom. The van der Waals surface area contributed by atoms with Gasteiger partial charge in [-0.3, -0.25) is 19.8 Å². The van der Waals surface area contributed by atoms with E-state index in [1.807, 2.05) is 43.3 Å². The molecule has 5 rings (SSSR count). The highest BCUT2D eigenvalue weighted by Crippen LogP contribution is 2.35. The van der Waals surface area contributed by atoms with Gasteiger partial charge in [-0.15, -0.1) is 11.3 Å². The lowest BCUT2D eigenvalue weighted by Gasteiger charge is -2.16. The molecule has 0 bridgehead atoms. The predicted octanol–water partition coefficient (Wildman–Crippen LogP) is 3.94. The Labute approximate surface area is 194 Å². The van der Waals surface area contributed by atoms with Gasteiger partial charge >= 0.3 is 0 Å². The van der Waals surface area contributed by atoms with Gasteiger partial charge in [-0.05, 0) is 36.6 Å². The maximum absolute atomic E-state index is 13.3. The van der Waals surface area contributed by atoms with E-state index < -0.39 is 5.91 Å². The van der Waals surface area contributed by atoms with Gasteiger partial charge in [0, 0.05) is 35.5 Å². The van der Waals surface area contributed by atoms with E-state index in [-0.39, 0.29) is 11.5 Å². The van der Waals surface area contributed by atoms with Crippen LogP contribution in [0.1, 0.15) is 33.6 Å². The van der Waals surface area contributed by atoms with E-state index in [1.165, 1.54) is 17.7 Å². The lowest BCUT2D eigenvalue weighted by atomic mass is 10.0. The fraction of sp³-hybridized carbons (Fsp3) is 0.200. The third-order valence-electron chi connectivity index (χ3n) is 5.81. The first-order valence-corrected chi connectivity index (χ1v) is 11.6. The monoisotopic (exact) mass is 458 g/mol. The lowest BCUT2D eigenvalue weighted by molar-refractivity contribution is -0.128. The molecule has 1 aliphatic heterocycles. The molecule has 4 aromatic rings. The van der Waals surface area contributed by atoms with Gasteiger partial charge < -0.3 is 4.90 Å². The number of nitrogens with one attached hydrogen (secondary N) is 1. The summed E-state index contributed by atoms with van der Waals surface area (Å²) in [6, 6.07) is 16.8. The molecule has 2 aromatic heterocycles. The first kappa shape index (κ1) is 21.1. The van der Waals surface area contributed by atoms with E-state index in [1.54, 1.807) is 23.1 Å².